The Labute approximate surface area is 133 Å². The fraction of sp³-hybridized carbons (Fsp3) is 0.529. The molecule has 5 nitrogen and oxygen atoms in total. The van der Waals surface area contributed by atoms with Gasteiger partial charge >= 0.3 is 0 Å². The van der Waals surface area contributed by atoms with E-state index in [2.05, 4.69) is 34.8 Å². The molecule has 1 amide bonds. The van der Waals surface area contributed by atoms with Crippen molar-refractivity contribution in [2.75, 3.05) is 18.9 Å². The molecule has 0 heterocycles. The average molecular weight is 304 g/mol. The Kier molecular flexibility index (Phi) is 7.43. The van der Waals surface area contributed by atoms with E-state index in [1.165, 1.54) is 0 Å². The molecule has 5 heteroatoms. The highest BCUT2D eigenvalue weighted by Gasteiger charge is 2.06. The minimum Gasteiger partial charge on any atom is -0.356 e. The lowest BCUT2D eigenvalue weighted by atomic mass is 10.1. The molecular weight excluding hydrogens is 276 g/mol. The SMILES string of the molecule is CN=C(NCc1ccc(NC(=O)C(C)C)cc1)NCC(C)C. The summed E-state index contributed by atoms with van der Waals surface area (Å²) in [6.07, 6.45) is 0. The number of guanidine groups is 1. The molecule has 1 aromatic rings. The molecule has 0 saturated heterocycles. The average Bonchev–Trinajstić information content (AvgIpc) is 2.48. The number of benzene rings is 1. The van der Waals surface area contributed by atoms with Crippen molar-refractivity contribution < 1.29 is 4.79 Å². The predicted molar refractivity (Wildman–Crippen MR) is 92.9 cm³/mol. The van der Waals surface area contributed by atoms with E-state index in [1.807, 2.05) is 38.1 Å². The third-order valence-electron chi connectivity index (χ3n) is 3.11. The first-order valence-electron chi connectivity index (χ1n) is 7.76. The Hall–Kier alpha value is -2.04. The molecule has 3 N–H and O–H groups in total. The number of aliphatic imine (C=N–C) groups is 1. The fourth-order valence-corrected chi connectivity index (χ4v) is 1.70. The van der Waals surface area contributed by atoms with Gasteiger partial charge in [0.05, 0.1) is 0 Å². The molecule has 0 aliphatic heterocycles. The summed E-state index contributed by atoms with van der Waals surface area (Å²) in [4.78, 5) is 15.8. The molecule has 0 unspecified atom stereocenters. The number of nitrogens with zero attached hydrogens (tertiary/aromatic N) is 1. The highest BCUT2D eigenvalue weighted by molar-refractivity contribution is 5.92. The summed E-state index contributed by atoms with van der Waals surface area (Å²) in [6.45, 7) is 9.65. The summed E-state index contributed by atoms with van der Waals surface area (Å²) in [5.74, 6) is 1.38. The van der Waals surface area contributed by atoms with Crippen LogP contribution in [0, 0.1) is 11.8 Å². The second-order valence-corrected chi connectivity index (χ2v) is 6.04. The molecule has 0 fully saturated rings. The van der Waals surface area contributed by atoms with E-state index in [9.17, 15) is 4.79 Å². The quantitative estimate of drug-likeness (QED) is 0.559. The highest BCUT2D eigenvalue weighted by Crippen LogP contribution is 2.10. The lowest BCUT2D eigenvalue weighted by Gasteiger charge is -2.14. The maximum atomic E-state index is 11.6. The van der Waals surface area contributed by atoms with Crippen molar-refractivity contribution in [1.29, 1.82) is 0 Å². The largest absolute Gasteiger partial charge is 0.356 e. The van der Waals surface area contributed by atoms with Crippen molar-refractivity contribution in [1.82, 2.24) is 10.6 Å². The third kappa shape index (κ3) is 6.61. The number of hydrogen-bond acceptors (Lipinski definition) is 2. The first-order valence-corrected chi connectivity index (χ1v) is 7.76. The van der Waals surface area contributed by atoms with Gasteiger partial charge in [0.25, 0.3) is 0 Å². The Balaban J connectivity index is 2.48. The normalized spacial score (nSPS) is 11.7. The number of carbonyl (C=O) groups is 1. The van der Waals surface area contributed by atoms with Crippen molar-refractivity contribution in [3.05, 3.63) is 29.8 Å². The number of nitrogens with one attached hydrogen (secondary N) is 3. The molecule has 0 spiro atoms. The van der Waals surface area contributed by atoms with Gasteiger partial charge in [-0.3, -0.25) is 9.79 Å². The highest BCUT2D eigenvalue weighted by atomic mass is 16.1. The van der Waals surface area contributed by atoms with Crippen LogP contribution in [0.5, 0.6) is 0 Å². The molecule has 22 heavy (non-hydrogen) atoms. The van der Waals surface area contributed by atoms with Crippen LogP contribution in [-0.2, 0) is 11.3 Å². The zero-order valence-corrected chi connectivity index (χ0v) is 14.2. The van der Waals surface area contributed by atoms with Gasteiger partial charge in [0.15, 0.2) is 5.96 Å². The van der Waals surface area contributed by atoms with E-state index >= 15 is 0 Å². The summed E-state index contributed by atoms with van der Waals surface area (Å²) in [5, 5.41) is 9.42. The molecule has 0 aromatic heterocycles. The zero-order valence-electron chi connectivity index (χ0n) is 14.2. The van der Waals surface area contributed by atoms with Crippen LogP contribution >= 0.6 is 0 Å². The Bertz CT molecular complexity index is 492. The molecule has 0 aliphatic rings. The molecule has 0 radical (unpaired) electrons. The molecular formula is C17H28N4O. The maximum Gasteiger partial charge on any atom is 0.226 e. The van der Waals surface area contributed by atoms with Crippen LogP contribution in [0.2, 0.25) is 0 Å². The Morgan fingerprint density at radius 3 is 2.23 bits per heavy atom. The van der Waals surface area contributed by atoms with E-state index < -0.39 is 0 Å². The second kappa shape index (κ2) is 9.07. The molecule has 0 aliphatic carbocycles. The van der Waals surface area contributed by atoms with Gasteiger partial charge < -0.3 is 16.0 Å². The van der Waals surface area contributed by atoms with Crippen LogP contribution in [0.15, 0.2) is 29.3 Å². The van der Waals surface area contributed by atoms with Gasteiger partial charge in [-0.25, -0.2) is 0 Å². The van der Waals surface area contributed by atoms with Gasteiger partial charge in [-0.15, -0.1) is 0 Å². The number of rotatable bonds is 6. The third-order valence-corrected chi connectivity index (χ3v) is 3.11. The summed E-state index contributed by atoms with van der Waals surface area (Å²) in [6, 6.07) is 7.83. The summed E-state index contributed by atoms with van der Waals surface area (Å²) >= 11 is 0. The summed E-state index contributed by atoms with van der Waals surface area (Å²) in [5.41, 5.74) is 1.96. The monoisotopic (exact) mass is 304 g/mol. The molecule has 0 saturated carbocycles. The fourth-order valence-electron chi connectivity index (χ4n) is 1.70. The van der Waals surface area contributed by atoms with Crippen LogP contribution in [-0.4, -0.2) is 25.5 Å². The zero-order chi connectivity index (χ0) is 16.5. The minimum atomic E-state index is -0.0169. The number of amides is 1. The predicted octanol–water partition coefficient (Wildman–Crippen LogP) is 2.60. The van der Waals surface area contributed by atoms with Crippen LogP contribution in [0.4, 0.5) is 5.69 Å². The number of hydrogen-bond donors (Lipinski definition) is 3. The Morgan fingerprint density at radius 1 is 1.09 bits per heavy atom. The molecule has 122 valence electrons. The van der Waals surface area contributed by atoms with E-state index in [0.717, 1.165) is 23.8 Å². The van der Waals surface area contributed by atoms with Crippen molar-refractivity contribution >= 4 is 17.6 Å². The number of anilines is 1. The lowest BCUT2D eigenvalue weighted by Crippen LogP contribution is -2.38. The summed E-state index contributed by atoms with van der Waals surface area (Å²) in [7, 11) is 1.76. The lowest BCUT2D eigenvalue weighted by molar-refractivity contribution is -0.118. The van der Waals surface area contributed by atoms with Crippen LogP contribution in [0.3, 0.4) is 0 Å². The smallest absolute Gasteiger partial charge is 0.226 e. The standard InChI is InChI=1S/C17H28N4O/c1-12(2)10-19-17(18-5)20-11-14-6-8-15(9-7-14)21-16(22)13(3)4/h6-9,12-13H,10-11H2,1-5H3,(H,21,22)(H2,18,19,20). The van der Waals surface area contributed by atoms with Crippen molar-refractivity contribution in [3.63, 3.8) is 0 Å². The summed E-state index contributed by atoms with van der Waals surface area (Å²) < 4.78 is 0. The second-order valence-electron chi connectivity index (χ2n) is 6.04. The van der Waals surface area contributed by atoms with Crippen molar-refractivity contribution in [2.45, 2.75) is 34.2 Å². The molecule has 0 bridgehead atoms. The molecule has 1 aromatic carbocycles. The first-order chi connectivity index (χ1) is 10.4. The van der Waals surface area contributed by atoms with Gasteiger partial charge in [0, 0.05) is 31.7 Å². The van der Waals surface area contributed by atoms with Crippen LogP contribution in [0.25, 0.3) is 0 Å². The molecule has 1 rings (SSSR count). The van der Waals surface area contributed by atoms with Crippen LogP contribution < -0.4 is 16.0 Å². The van der Waals surface area contributed by atoms with Crippen molar-refractivity contribution in [3.8, 4) is 0 Å². The van der Waals surface area contributed by atoms with Gasteiger partial charge in [0.2, 0.25) is 5.91 Å². The van der Waals surface area contributed by atoms with Gasteiger partial charge in [-0.1, -0.05) is 39.8 Å². The molecule has 0 atom stereocenters. The van der Waals surface area contributed by atoms with Gasteiger partial charge in [0.1, 0.15) is 0 Å². The van der Waals surface area contributed by atoms with Gasteiger partial charge in [-0.05, 0) is 23.6 Å². The maximum absolute atomic E-state index is 11.6. The topological polar surface area (TPSA) is 65.5 Å². The van der Waals surface area contributed by atoms with E-state index in [0.29, 0.717) is 12.5 Å². The van der Waals surface area contributed by atoms with Crippen molar-refractivity contribution in [2.24, 2.45) is 16.8 Å². The number of carbonyl (C=O) groups excluding carboxylic acids is 1. The van der Waals surface area contributed by atoms with Crippen LogP contribution in [0.1, 0.15) is 33.3 Å². The van der Waals surface area contributed by atoms with E-state index in [4.69, 9.17) is 0 Å². The van der Waals surface area contributed by atoms with E-state index in [-0.39, 0.29) is 11.8 Å². The van der Waals surface area contributed by atoms with E-state index in [1.54, 1.807) is 7.05 Å². The first kappa shape index (κ1) is 18.0. The Morgan fingerprint density at radius 2 is 1.73 bits per heavy atom. The van der Waals surface area contributed by atoms with Gasteiger partial charge in [-0.2, -0.15) is 0 Å². The minimum absolute atomic E-state index is 0.0169.